The molecule has 3 aromatic rings. The average molecular weight is 342 g/mol. The molecule has 0 spiro atoms. The van der Waals surface area contributed by atoms with E-state index in [0.29, 0.717) is 34.0 Å². The van der Waals surface area contributed by atoms with Crippen LogP contribution >= 0.6 is 0 Å². The van der Waals surface area contributed by atoms with Crippen molar-refractivity contribution in [2.24, 2.45) is 0 Å². The Morgan fingerprint density at radius 2 is 2.04 bits per heavy atom. The molecule has 0 aliphatic heterocycles. The minimum atomic E-state index is -0.476. The van der Waals surface area contributed by atoms with Gasteiger partial charge in [-0.2, -0.15) is 0 Å². The van der Waals surface area contributed by atoms with Gasteiger partial charge in [0.15, 0.2) is 0 Å². The quantitative estimate of drug-likeness (QED) is 0.660. The zero-order valence-electron chi connectivity index (χ0n) is 13.7. The number of rotatable bonds is 5. The fourth-order valence-electron chi connectivity index (χ4n) is 2.28. The normalized spacial score (nSPS) is 10.5. The van der Waals surface area contributed by atoms with Crippen LogP contribution in [0.25, 0.3) is 11.3 Å². The second-order valence-corrected chi connectivity index (χ2v) is 5.21. The molecule has 1 aromatic carbocycles. The summed E-state index contributed by atoms with van der Waals surface area (Å²) in [5.41, 5.74) is 1.68. The van der Waals surface area contributed by atoms with Crippen LogP contribution in [0.1, 0.15) is 21.7 Å². The third-order valence-electron chi connectivity index (χ3n) is 3.64. The Hall–Kier alpha value is -3.22. The van der Waals surface area contributed by atoms with Crippen molar-refractivity contribution < 1.29 is 23.2 Å². The smallest absolute Gasteiger partial charge is 0.339 e. The van der Waals surface area contributed by atoms with E-state index < -0.39 is 11.8 Å². The van der Waals surface area contributed by atoms with Crippen molar-refractivity contribution in [2.45, 2.75) is 13.5 Å². The third kappa shape index (κ3) is 3.50. The van der Waals surface area contributed by atoms with E-state index in [-0.39, 0.29) is 6.61 Å². The highest BCUT2D eigenvalue weighted by atomic mass is 19.1. The van der Waals surface area contributed by atoms with Crippen LogP contribution in [0.4, 0.5) is 4.39 Å². The molecule has 128 valence electrons. The topological polar surface area (TPSA) is 74.5 Å². The number of hydrogen-bond donors (Lipinski definition) is 0. The number of methoxy groups -OCH3 is 1. The Morgan fingerprint density at radius 1 is 1.24 bits per heavy atom. The lowest BCUT2D eigenvalue weighted by Crippen LogP contribution is -2.03. The number of aryl methyl sites for hydroxylation is 1. The summed E-state index contributed by atoms with van der Waals surface area (Å²) in [4.78, 5) is 15.4. The van der Waals surface area contributed by atoms with Gasteiger partial charge in [-0.1, -0.05) is 17.3 Å². The van der Waals surface area contributed by atoms with Crippen LogP contribution < -0.4 is 4.74 Å². The number of esters is 1. The molecule has 0 atom stereocenters. The maximum absolute atomic E-state index is 14.0. The van der Waals surface area contributed by atoms with Gasteiger partial charge in [-0.25, -0.2) is 14.2 Å². The lowest BCUT2D eigenvalue weighted by atomic mass is 10.1. The maximum Gasteiger partial charge on any atom is 0.339 e. The van der Waals surface area contributed by atoms with Gasteiger partial charge in [0.2, 0.25) is 5.88 Å². The SMILES string of the molecule is COC(=O)c1ccc(OCc2c(-c3ccccc3F)noc2C)nc1. The van der Waals surface area contributed by atoms with Gasteiger partial charge >= 0.3 is 5.97 Å². The zero-order chi connectivity index (χ0) is 17.8. The molecule has 0 aliphatic rings. The molecular weight excluding hydrogens is 327 g/mol. The predicted octanol–water partition coefficient (Wildman–Crippen LogP) is 3.55. The molecule has 0 aliphatic carbocycles. The van der Waals surface area contributed by atoms with Crippen molar-refractivity contribution in [1.82, 2.24) is 10.1 Å². The number of halogens is 1. The van der Waals surface area contributed by atoms with E-state index in [9.17, 15) is 9.18 Å². The van der Waals surface area contributed by atoms with E-state index in [1.807, 2.05) is 0 Å². The molecule has 0 saturated heterocycles. The lowest BCUT2D eigenvalue weighted by Gasteiger charge is -2.07. The Morgan fingerprint density at radius 3 is 2.72 bits per heavy atom. The average Bonchev–Trinajstić information content (AvgIpc) is 3.00. The van der Waals surface area contributed by atoms with E-state index in [0.717, 1.165) is 0 Å². The van der Waals surface area contributed by atoms with Crippen LogP contribution in [0.5, 0.6) is 5.88 Å². The van der Waals surface area contributed by atoms with Gasteiger partial charge in [0.25, 0.3) is 0 Å². The van der Waals surface area contributed by atoms with Gasteiger partial charge in [-0.15, -0.1) is 0 Å². The number of aromatic nitrogens is 2. The molecule has 2 heterocycles. The first-order chi connectivity index (χ1) is 12.1. The minimum Gasteiger partial charge on any atom is -0.473 e. The van der Waals surface area contributed by atoms with Gasteiger partial charge in [-0.3, -0.25) is 0 Å². The molecule has 7 heteroatoms. The summed E-state index contributed by atoms with van der Waals surface area (Å²) >= 11 is 0. The van der Waals surface area contributed by atoms with E-state index in [1.54, 1.807) is 37.3 Å². The maximum atomic E-state index is 14.0. The highest BCUT2D eigenvalue weighted by Crippen LogP contribution is 2.28. The molecule has 6 nitrogen and oxygen atoms in total. The van der Waals surface area contributed by atoms with Crippen LogP contribution in [0.2, 0.25) is 0 Å². The Kier molecular flexibility index (Phi) is 4.74. The summed E-state index contributed by atoms with van der Waals surface area (Å²) in [5.74, 6) is -0.0226. The number of pyridine rings is 1. The first kappa shape index (κ1) is 16.6. The van der Waals surface area contributed by atoms with E-state index >= 15 is 0 Å². The van der Waals surface area contributed by atoms with Crippen molar-refractivity contribution in [3.05, 3.63) is 65.3 Å². The molecule has 0 N–H and O–H groups in total. The second kappa shape index (κ2) is 7.12. The molecule has 0 bridgehead atoms. The number of carbonyl (C=O) groups is 1. The molecule has 25 heavy (non-hydrogen) atoms. The molecule has 0 radical (unpaired) electrons. The van der Waals surface area contributed by atoms with E-state index in [2.05, 4.69) is 14.9 Å². The van der Waals surface area contributed by atoms with Gasteiger partial charge in [0.1, 0.15) is 23.9 Å². The van der Waals surface area contributed by atoms with Gasteiger partial charge in [0, 0.05) is 17.8 Å². The highest BCUT2D eigenvalue weighted by Gasteiger charge is 2.18. The zero-order valence-corrected chi connectivity index (χ0v) is 13.7. The van der Waals surface area contributed by atoms with Crippen LogP contribution in [0.3, 0.4) is 0 Å². The summed E-state index contributed by atoms with van der Waals surface area (Å²) < 4.78 is 29.4. The van der Waals surface area contributed by atoms with Crippen molar-refractivity contribution in [2.75, 3.05) is 7.11 Å². The molecular formula is C18H15FN2O4. The van der Waals surface area contributed by atoms with Gasteiger partial charge < -0.3 is 14.0 Å². The standard InChI is InChI=1S/C18H15FN2O4/c1-11-14(17(21-25-11)13-5-3-4-6-15(13)19)10-24-16-8-7-12(9-20-16)18(22)23-2/h3-9H,10H2,1-2H3. The number of hydrogen-bond acceptors (Lipinski definition) is 6. The third-order valence-corrected chi connectivity index (χ3v) is 3.64. The van der Waals surface area contributed by atoms with Crippen LogP contribution in [-0.4, -0.2) is 23.2 Å². The van der Waals surface area contributed by atoms with Crippen LogP contribution in [0.15, 0.2) is 47.1 Å². The molecule has 2 aromatic heterocycles. The van der Waals surface area contributed by atoms with E-state index in [4.69, 9.17) is 9.26 Å². The summed E-state index contributed by atoms with van der Waals surface area (Å²) in [6, 6.07) is 9.41. The Balaban J connectivity index is 1.79. The van der Waals surface area contributed by atoms with Gasteiger partial charge in [0.05, 0.1) is 18.2 Å². The predicted molar refractivity (Wildman–Crippen MR) is 86.5 cm³/mol. The Bertz CT molecular complexity index is 890. The monoisotopic (exact) mass is 342 g/mol. The van der Waals surface area contributed by atoms with Crippen LogP contribution in [0, 0.1) is 12.7 Å². The van der Waals surface area contributed by atoms with Crippen LogP contribution in [-0.2, 0) is 11.3 Å². The summed E-state index contributed by atoms with van der Waals surface area (Å²) in [6.45, 7) is 1.83. The first-order valence-electron chi connectivity index (χ1n) is 7.47. The molecule has 3 rings (SSSR count). The molecule has 0 unspecified atom stereocenters. The second-order valence-electron chi connectivity index (χ2n) is 5.21. The summed E-state index contributed by atoms with van der Waals surface area (Å²) in [6.07, 6.45) is 1.36. The van der Waals surface area contributed by atoms with Crippen molar-refractivity contribution in [1.29, 1.82) is 0 Å². The van der Waals surface area contributed by atoms with Crippen molar-refractivity contribution in [3.8, 4) is 17.1 Å². The highest BCUT2D eigenvalue weighted by molar-refractivity contribution is 5.88. The summed E-state index contributed by atoms with van der Waals surface area (Å²) in [5, 5.41) is 3.93. The largest absolute Gasteiger partial charge is 0.473 e. The van der Waals surface area contributed by atoms with Crippen molar-refractivity contribution >= 4 is 5.97 Å². The summed E-state index contributed by atoms with van der Waals surface area (Å²) in [7, 11) is 1.30. The first-order valence-corrected chi connectivity index (χ1v) is 7.47. The number of ether oxygens (including phenoxy) is 2. The Labute approximate surface area is 143 Å². The van der Waals surface area contributed by atoms with Gasteiger partial charge in [-0.05, 0) is 25.1 Å². The molecule has 0 saturated carbocycles. The molecule has 0 amide bonds. The fraction of sp³-hybridized carbons (Fsp3) is 0.167. The van der Waals surface area contributed by atoms with Crippen molar-refractivity contribution in [3.63, 3.8) is 0 Å². The number of benzene rings is 1. The fourth-order valence-corrected chi connectivity index (χ4v) is 2.28. The molecule has 0 fully saturated rings. The minimum absolute atomic E-state index is 0.101. The van der Waals surface area contributed by atoms with E-state index in [1.165, 1.54) is 19.4 Å². The number of carbonyl (C=O) groups excluding carboxylic acids is 1. The lowest BCUT2D eigenvalue weighted by molar-refractivity contribution is 0.0600. The number of nitrogens with zero attached hydrogens (tertiary/aromatic N) is 2.